The van der Waals surface area contributed by atoms with Crippen LogP contribution in [0.3, 0.4) is 0 Å². The molecular weight excluding hydrogens is 456 g/mol. The fourth-order valence-electron chi connectivity index (χ4n) is 2.79. The molecule has 0 unspecified atom stereocenters. The number of nitrogens with one attached hydrogen (secondary N) is 2. The molecule has 4 rings (SSSR count). The molecule has 1 aromatic heterocycles. The first-order chi connectivity index (χ1) is 16.1. The highest BCUT2D eigenvalue weighted by molar-refractivity contribution is 8.02. The Labute approximate surface area is 200 Å². The Balaban J connectivity index is 1.28. The van der Waals surface area contributed by atoms with E-state index in [0.29, 0.717) is 20.9 Å². The van der Waals surface area contributed by atoms with Crippen LogP contribution in [0.25, 0.3) is 0 Å². The number of para-hydroxylation sites is 1. The van der Waals surface area contributed by atoms with Crippen LogP contribution in [0.4, 0.5) is 16.5 Å². The molecule has 0 aliphatic rings. The number of carbonyl (C=O) groups is 1. The summed E-state index contributed by atoms with van der Waals surface area (Å²) in [7, 11) is 1.63. The van der Waals surface area contributed by atoms with E-state index in [2.05, 4.69) is 20.8 Å². The van der Waals surface area contributed by atoms with Gasteiger partial charge in [0.25, 0.3) is 0 Å². The minimum atomic E-state index is -0.341. The third kappa shape index (κ3) is 6.47. The molecule has 0 saturated carbocycles. The lowest BCUT2D eigenvalue weighted by atomic mass is 10.3. The van der Waals surface area contributed by atoms with Crippen LogP contribution in [-0.4, -0.2) is 28.5 Å². The van der Waals surface area contributed by atoms with E-state index < -0.39 is 0 Å². The molecule has 7 nitrogen and oxygen atoms in total. The van der Waals surface area contributed by atoms with Gasteiger partial charge in [-0.3, -0.25) is 4.79 Å². The molecule has 0 radical (unpaired) electrons. The molecule has 0 aliphatic carbocycles. The second-order valence-electron chi connectivity index (χ2n) is 6.92. The van der Waals surface area contributed by atoms with Crippen molar-refractivity contribution < 1.29 is 14.3 Å². The van der Waals surface area contributed by atoms with Crippen LogP contribution in [0, 0.1) is 0 Å². The van der Waals surface area contributed by atoms with E-state index in [9.17, 15) is 4.79 Å². The molecule has 3 aromatic carbocycles. The van der Waals surface area contributed by atoms with Crippen LogP contribution in [0.15, 0.2) is 83.2 Å². The maximum atomic E-state index is 12.6. The van der Waals surface area contributed by atoms with Gasteiger partial charge in [0.05, 0.1) is 12.4 Å². The molecule has 0 aliphatic heterocycles. The first-order valence-corrected chi connectivity index (χ1v) is 11.8. The van der Waals surface area contributed by atoms with Gasteiger partial charge >= 0.3 is 0 Å². The highest BCUT2D eigenvalue weighted by atomic mass is 32.2. The average Bonchev–Trinajstić information content (AvgIpc) is 3.28. The number of carbonyl (C=O) groups excluding carboxylic acids is 1. The van der Waals surface area contributed by atoms with E-state index >= 15 is 0 Å². The van der Waals surface area contributed by atoms with E-state index in [4.69, 9.17) is 9.47 Å². The van der Waals surface area contributed by atoms with E-state index in [1.54, 1.807) is 7.11 Å². The molecule has 0 bridgehead atoms. The van der Waals surface area contributed by atoms with Crippen molar-refractivity contribution in [3.05, 3.63) is 78.9 Å². The van der Waals surface area contributed by atoms with Gasteiger partial charge < -0.3 is 20.1 Å². The zero-order valence-corrected chi connectivity index (χ0v) is 19.7. The van der Waals surface area contributed by atoms with Crippen molar-refractivity contribution in [1.82, 2.24) is 10.2 Å². The van der Waals surface area contributed by atoms with Gasteiger partial charge in [0.1, 0.15) is 17.2 Å². The van der Waals surface area contributed by atoms with Crippen LogP contribution in [0.1, 0.15) is 6.92 Å². The lowest BCUT2D eigenvalue weighted by molar-refractivity contribution is -0.115. The third-order valence-corrected chi connectivity index (χ3v) is 6.52. The molecule has 0 spiro atoms. The number of ether oxygens (including phenoxy) is 2. The fraction of sp³-hybridized carbons (Fsp3) is 0.125. The summed E-state index contributed by atoms with van der Waals surface area (Å²) in [5, 5.41) is 14.8. The molecule has 0 fully saturated rings. The summed E-state index contributed by atoms with van der Waals surface area (Å²) in [6, 6.07) is 24.4. The minimum absolute atomic E-state index is 0.114. The van der Waals surface area contributed by atoms with E-state index in [1.807, 2.05) is 85.8 Å². The molecule has 4 aromatic rings. The van der Waals surface area contributed by atoms with Crippen molar-refractivity contribution >= 4 is 45.5 Å². The molecule has 2 N–H and O–H groups in total. The number of hydrogen-bond donors (Lipinski definition) is 2. The maximum Gasteiger partial charge on any atom is 0.237 e. The highest BCUT2D eigenvalue weighted by Gasteiger charge is 2.17. The number of hydrogen-bond acceptors (Lipinski definition) is 8. The van der Waals surface area contributed by atoms with Crippen molar-refractivity contribution in [1.29, 1.82) is 0 Å². The number of benzene rings is 3. The first kappa shape index (κ1) is 22.6. The van der Waals surface area contributed by atoms with Gasteiger partial charge in [-0.2, -0.15) is 0 Å². The van der Waals surface area contributed by atoms with Gasteiger partial charge in [0.15, 0.2) is 4.34 Å². The van der Waals surface area contributed by atoms with Crippen LogP contribution in [-0.2, 0) is 4.79 Å². The zero-order valence-electron chi connectivity index (χ0n) is 18.0. The monoisotopic (exact) mass is 478 g/mol. The lowest BCUT2D eigenvalue weighted by Gasteiger charge is -2.11. The zero-order chi connectivity index (χ0) is 23.0. The first-order valence-electron chi connectivity index (χ1n) is 10.1. The van der Waals surface area contributed by atoms with Gasteiger partial charge in [-0.25, -0.2) is 0 Å². The molecule has 1 amide bonds. The molecule has 168 valence electrons. The quantitative estimate of drug-likeness (QED) is 0.277. The van der Waals surface area contributed by atoms with E-state index in [-0.39, 0.29) is 11.2 Å². The highest BCUT2D eigenvalue weighted by Crippen LogP contribution is 2.31. The summed E-state index contributed by atoms with van der Waals surface area (Å²) < 4.78 is 11.6. The number of rotatable bonds is 9. The van der Waals surface area contributed by atoms with Crippen molar-refractivity contribution in [2.45, 2.75) is 16.5 Å². The standard InChI is InChI=1S/C24H22N4O3S2/c1-16(32-24-28-27-23(33-24)26-18-8-12-19(30-2)13-9-18)22(29)25-17-10-14-21(15-11-17)31-20-6-4-3-5-7-20/h3-16H,1-2H3,(H,25,29)(H,26,27)/t16-/m0/s1. The predicted molar refractivity (Wildman–Crippen MR) is 133 cm³/mol. The second-order valence-corrected chi connectivity index (χ2v) is 9.48. The number of nitrogens with zero attached hydrogens (tertiary/aromatic N) is 2. The number of amides is 1. The molecule has 9 heteroatoms. The summed E-state index contributed by atoms with van der Waals surface area (Å²) in [5.74, 6) is 2.13. The topological polar surface area (TPSA) is 85.4 Å². The van der Waals surface area contributed by atoms with Crippen molar-refractivity contribution in [3.63, 3.8) is 0 Å². The summed E-state index contributed by atoms with van der Waals surface area (Å²) in [4.78, 5) is 12.6. The average molecular weight is 479 g/mol. The predicted octanol–water partition coefficient (Wildman–Crippen LogP) is 6.20. The Bertz CT molecular complexity index is 1180. The SMILES string of the molecule is COc1ccc(Nc2nnc(S[C@@H](C)C(=O)Nc3ccc(Oc4ccccc4)cc3)s2)cc1. The number of thioether (sulfide) groups is 1. The van der Waals surface area contributed by atoms with Gasteiger partial charge in [-0.1, -0.05) is 41.3 Å². The van der Waals surface area contributed by atoms with Crippen molar-refractivity contribution in [2.75, 3.05) is 17.7 Å². The summed E-state index contributed by atoms with van der Waals surface area (Å²) in [6.07, 6.45) is 0. The van der Waals surface area contributed by atoms with Crippen molar-refractivity contribution in [3.8, 4) is 17.2 Å². The Morgan fingerprint density at radius 3 is 2.21 bits per heavy atom. The van der Waals surface area contributed by atoms with Crippen LogP contribution in [0.2, 0.25) is 0 Å². The van der Waals surface area contributed by atoms with E-state index in [0.717, 1.165) is 17.2 Å². The third-order valence-electron chi connectivity index (χ3n) is 4.50. The van der Waals surface area contributed by atoms with Gasteiger partial charge in [0, 0.05) is 11.4 Å². The van der Waals surface area contributed by atoms with Crippen LogP contribution >= 0.6 is 23.1 Å². The maximum absolute atomic E-state index is 12.6. The Hall–Kier alpha value is -3.56. The molecule has 1 heterocycles. The number of methoxy groups -OCH3 is 1. The van der Waals surface area contributed by atoms with Gasteiger partial charge in [-0.15, -0.1) is 10.2 Å². The Morgan fingerprint density at radius 1 is 0.879 bits per heavy atom. The number of aromatic nitrogens is 2. The van der Waals surface area contributed by atoms with Crippen LogP contribution < -0.4 is 20.1 Å². The largest absolute Gasteiger partial charge is 0.497 e. The van der Waals surface area contributed by atoms with Gasteiger partial charge in [0.2, 0.25) is 11.0 Å². The summed E-state index contributed by atoms with van der Waals surface area (Å²) >= 11 is 2.76. The smallest absolute Gasteiger partial charge is 0.237 e. The molecular formula is C24H22N4O3S2. The van der Waals surface area contributed by atoms with Gasteiger partial charge in [-0.05, 0) is 67.6 Å². The molecule has 33 heavy (non-hydrogen) atoms. The summed E-state index contributed by atoms with van der Waals surface area (Å²) in [5.41, 5.74) is 1.58. The van der Waals surface area contributed by atoms with E-state index in [1.165, 1.54) is 23.1 Å². The Kier molecular flexibility index (Phi) is 7.43. The van der Waals surface area contributed by atoms with Crippen molar-refractivity contribution in [2.24, 2.45) is 0 Å². The molecule has 1 atom stereocenters. The number of anilines is 3. The minimum Gasteiger partial charge on any atom is -0.497 e. The second kappa shape index (κ2) is 10.8. The lowest BCUT2D eigenvalue weighted by Crippen LogP contribution is -2.22. The molecule has 0 saturated heterocycles. The van der Waals surface area contributed by atoms with Crippen LogP contribution in [0.5, 0.6) is 17.2 Å². The summed E-state index contributed by atoms with van der Waals surface area (Å²) in [6.45, 7) is 1.84. The Morgan fingerprint density at radius 2 is 1.52 bits per heavy atom. The fourth-order valence-corrected chi connectivity index (χ4v) is 4.70. The normalized spacial score (nSPS) is 11.5.